The van der Waals surface area contributed by atoms with Gasteiger partial charge in [-0.1, -0.05) is 17.9 Å². The molecule has 3 rings (SSSR count). The smallest absolute Gasteiger partial charge is 0.318 e. The van der Waals surface area contributed by atoms with Crippen LogP contribution in [-0.2, 0) is 0 Å². The van der Waals surface area contributed by atoms with Crippen LogP contribution in [0.25, 0.3) is 11.5 Å². The molecule has 2 heterocycles. The van der Waals surface area contributed by atoms with Gasteiger partial charge in [0.05, 0.1) is 7.11 Å². The first-order valence-electron chi connectivity index (χ1n) is 7.10. The highest BCUT2D eigenvalue weighted by Crippen LogP contribution is 2.25. The summed E-state index contributed by atoms with van der Waals surface area (Å²) in [4.78, 5) is 2.19. The zero-order chi connectivity index (χ0) is 13.8. The SMILES string of the molecule is COc1ccc(-c2nnc(N3CCCCCC3)o2)cc1. The lowest BCUT2D eigenvalue weighted by atomic mass is 10.2. The maximum absolute atomic E-state index is 5.80. The summed E-state index contributed by atoms with van der Waals surface area (Å²) in [6, 6.07) is 8.28. The number of nitrogens with zero attached hydrogens (tertiary/aromatic N) is 3. The number of rotatable bonds is 3. The Hall–Kier alpha value is -2.04. The van der Waals surface area contributed by atoms with Crippen molar-refractivity contribution in [2.45, 2.75) is 25.7 Å². The molecule has 1 fully saturated rings. The Morgan fingerprint density at radius 3 is 2.35 bits per heavy atom. The van der Waals surface area contributed by atoms with Gasteiger partial charge in [0.15, 0.2) is 0 Å². The maximum atomic E-state index is 5.80. The van der Waals surface area contributed by atoms with Gasteiger partial charge in [0.25, 0.3) is 0 Å². The van der Waals surface area contributed by atoms with Gasteiger partial charge in [-0.15, -0.1) is 5.10 Å². The Balaban J connectivity index is 1.78. The Bertz CT molecular complexity index is 543. The minimum Gasteiger partial charge on any atom is -0.497 e. The van der Waals surface area contributed by atoms with E-state index in [-0.39, 0.29) is 0 Å². The van der Waals surface area contributed by atoms with Crippen LogP contribution in [0.15, 0.2) is 28.7 Å². The molecule has 2 aromatic rings. The van der Waals surface area contributed by atoms with Crippen molar-refractivity contribution < 1.29 is 9.15 Å². The molecule has 5 nitrogen and oxygen atoms in total. The number of anilines is 1. The van der Waals surface area contributed by atoms with Gasteiger partial charge in [-0.2, -0.15) is 0 Å². The molecule has 1 saturated heterocycles. The first-order valence-corrected chi connectivity index (χ1v) is 7.10. The standard InChI is InChI=1S/C15H19N3O2/c1-19-13-8-6-12(7-9-13)14-16-17-15(20-14)18-10-4-2-3-5-11-18/h6-9H,2-5,10-11H2,1H3. The molecule has 0 atom stereocenters. The topological polar surface area (TPSA) is 51.4 Å². The molecule has 5 heteroatoms. The highest BCUT2D eigenvalue weighted by atomic mass is 16.5. The van der Waals surface area contributed by atoms with E-state index >= 15 is 0 Å². The van der Waals surface area contributed by atoms with Gasteiger partial charge in [0, 0.05) is 18.7 Å². The van der Waals surface area contributed by atoms with Crippen LogP contribution in [0.4, 0.5) is 6.01 Å². The van der Waals surface area contributed by atoms with Crippen molar-refractivity contribution in [3.8, 4) is 17.2 Å². The second-order valence-electron chi connectivity index (χ2n) is 5.02. The summed E-state index contributed by atoms with van der Waals surface area (Å²) in [7, 11) is 1.65. The molecule has 1 aromatic heterocycles. The van der Waals surface area contributed by atoms with E-state index in [4.69, 9.17) is 9.15 Å². The largest absolute Gasteiger partial charge is 0.497 e. The minimum atomic E-state index is 0.562. The van der Waals surface area contributed by atoms with Crippen molar-refractivity contribution in [2.24, 2.45) is 0 Å². The average Bonchev–Trinajstić information content (AvgIpc) is 2.83. The Kier molecular flexibility index (Phi) is 3.85. The molecule has 1 aliphatic heterocycles. The number of aromatic nitrogens is 2. The first kappa shape index (κ1) is 13.0. The van der Waals surface area contributed by atoms with Crippen LogP contribution >= 0.6 is 0 Å². The number of hydrogen-bond acceptors (Lipinski definition) is 5. The molecule has 0 radical (unpaired) electrons. The predicted octanol–water partition coefficient (Wildman–Crippen LogP) is 3.13. The fraction of sp³-hybridized carbons (Fsp3) is 0.467. The van der Waals surface area contributed by atoms with Crippen molar-refractivity contribution in [2.75, 3.05) is 25.1 Å². The summed E-state index contributed by atoms with van der Waals surface area (Å²) in [5, 5.41) is 8.33. The van der Waals surface area contributed by atoms with Crippen molar-refractivity contribution in [1.29, 1.82) is 0 Å². The molecule has 20 heavy (non-hydrogen) atoms. The minimum absolute atomic E-state index is 0.562. The molecular weight excluding hydrogens is 254 g/mol. The Morgan fingerprint density at radius 1 is 1.00 bits per heavy atom. The number of hydrogen-bond donors (Lipinski definition) is 0. The second-order valence-corrected chi connectivity index (χ2v) is 5.02. The van der Waals surface area contributed by atoms with Crippen LogP contribution in [-0.4, -0.2) is 30.4 Å². The third-order valence-electron chi connectivity index (χ3n) is 3.63. The van der Waals surface area contributed by atoms with Gasteiger partial charge in [-0.3, -0.25) is 0 Å². The van der Waals surface area contributed by atoms with Gasteiger partial charge in [-0.05, 0) is 37.1 Å². The summed E-state index contributed by atoms with van der Waals surface area (Å²) >= 11 is 0. The second kappa shape index (κ2) is 5.94. The van der Waals surface area contributed by atoms with Crippen LogP contribution in [0, 0.1) is 0 Å². The number of benzene rings is 1. The first-order chi connectivity index (χ1) is 9.86. The summed E-state index contributed by atoms with van der Waals surface area (Å²) in [6.45, 7) is 2.01. The lowest BCUT2D eigenvalue weighted by Crippen LogP contribution is -2.24. The van der Waals surface area contributed by atoms with Crippen molar-refractivity contribution in [3.05, 3.63) is 24.3 Å². The van der Waals surface area contributed by atoms with Gasteiger partial charge >= 0.3 is 6.01 Å². The van der Waals surface area contributed by atoms with E-state index in [2.05, 4.69) is 15.1 Å². The molecule has 0 saturated carbocycles. The van der Waals surface area contributed by atoms with Crippen LogP contribution in [0.3, 0.4) is 0 Å². The van der Waals surface area contributed by atoms with Gasteiger partial charge in [-0.25, -0.2) is 0 Å². The van der Waals surface area contributed by atoms with E-state index in [0.717, 1.165) is 24.4 Å². The Morgan fingerprint density at radius 2 is 1.70 bits per heavy atom. The van der Waals surface area contributed by atoms with Gasteiger partial charge in [0.2, 0.25) is 5.89 Å². The monoisotopic (exact) mass is 273 g/mol. The lowest BCUT2D eigenvalue weighted by Gasteiger charge is -2.16. The zero-order valence-electron chi connectivity index (χ0n) is 11.7. The molecule has 0 spiro atoms. The quantitative estimate of drug-likeness (QED) is 0.860. The highest BCUT2D eigenvalue weighted by Gasteiger charge is 2.16. The summed E-state index contributed by atoms with van der Waals surface area (Å²) in [5.41, 5.74) is 0.916. The average molecular weight is 273 g/mol. The fourth-order valence-corrected chi connectivity index (χ4v) is 2.46. The number of methoxy groups -OCH3 is 1. The van der Waals surface area contributed by atoms with E-state index in [1.165, 1.54) is 25.7 Å². The molecule has 106 valence electrons. The van der Waals surface area contributed by atoms with E-state index in [9.17, 15) is 0 Å². The molecule has 1 aromatic carbocycles. The van der Waals surface area contributed by atoms with Gasteiger partial charge < -0.3 is 14.1 Å². The summed E-state index contributed by atoms with van der Waals surface area (Å²) < 4.78 is 10.9. The maximum Gasteiger partial charge on any atom is 0.318 e. The van der Waals surface area contributed by atoms with Gasteiger partial charge in [0.1, 0.15) is 5.75 Å². The third kappa shape index (κ3) is 2.76. The molecule has 0 N–H and O–H groups in total. The lowest BCUT2D eigenvalue weighted by molar-refractivity contribution is 0.415. The highest BCUT2D eigenvalue weighted by molar-refractivity contribution is 5.55. The molecular formula is C15H19N3O2. The third-order valence-corrected chi connectivity index (χ3v) is 3.63. The van der Waals surface area contributed by atoms with Crippen LogP contribution < -0.4 is 9.64 Å². The molecule has 0 amide bonds. The van der Waals surface area contributed by atoms with Crippen LogP contribution in [0.5, 0.6) is 5.75 Å². The van der Waals surface area contributed by atoms with E-state index in [1.807, 2.05) is 24.3 Å². The predicted molar refractivity (Wildman–Crippen MR) is 77.0 cm³/mol. The van der Waals surface area contributed by atoms with E-state index in [0.29, 0.717) is 11.9 Å². The fourth-order valence-electron chi connectivity index (χ4n) is 2.46. The van der Waals surface area contributed by atoms with Crippen molar-refractivity contribution >= 4 is 6.01 Å². The summed E-state index contributed by atoms with van der Waals surface area (Å²) in [6.07, 6.45) is 4.96. The molecule has 1 aliphatic rings. The Labute approximate surface area is 118 Å². The molecule has 0 bridgehead atoms. The van der Waals surface area contributed by atoms with E-state index < -0.39 is 0 Å². The van der Waals surface area contributed by atoms with E-state index in [1.54, 1.807) is 7.11 Å². The van der Waals surface area contributed by atoms with Crippen molar-refractivity contribution in [1.82, 2.24) is 10.2 Å². The van der Waals surface area contributed by atoms with Crippen molar-refractivity contribution in [3.63, 3.8) is 0 Å². The van der Waals surface area contributed by atoms with Crippen LogP contribution in [0.1, 0.15) is 25.7 Å². The summed E-state index contributed by atoms with van der Waals surface area (Å²) in [5.74, 6) is 1.38. The number of ether oxygens (including phenoxy) is 1. The van der Waals surface area contributed by atoms with Crippen LogP contribution in [0.2, 0.25) is 0 Å². The molecule has 0 aliphatic carbocycles. The molecule has 0 unspecified atom stereocenters. The zero-order valence-corrected chi connectivity index (χ0v) is 11.7. The normalized spacial score (nSPS) is 15.9.